The largest absolute Gasteiger partial charge is 0.477 e. The van der Waals surface area contributed by atoms with E-state index in [1.165, 1.54) is 18.2 Å². The normalized spacial score (nSPS) is 11.0. The second-order valence-corrected chi connectivity index (χ2v) is 7.57. The van der Waals surface area contributed by atoms with Crippen molar-refractivity contribution in [3.8, 4) is 22.4 Å². The number of rotatable bonds is 4. The molecule has 1 N–H and O–H groups in total. The minimum Gasteiger partial charge on any atom is -0.477 e. The Labute approximate surface area is 181 Å². The number of nitrogens with zero attached hydrogens (tertiary/aromatic N) is 1. The minimum absolute atomic E-state index is 0.0997. The lowest BCUT2D eigenvalue weighted by Gasteiger charge is -2.21. The van der Waals surface area contributed by atoms with Gasteiger partial charge >= 0.3 is 5.97 Å². The molecule has 4 nitrogen and oxygen atoms in total. The maximum atomic E-state index is 14.1. The van der Waals surface area contributed by atoms with Crippen LogP contribution in [-0.4, -0.2) is 15.6 Å². The molecule has 8 heteroatoms. The maximum Gasteiger partial charge on any atom is 0.341 e. The van der Waals surface area contributed by atoms with Crippen molar-refractivity contribution >= 4 is 40.8 Å². The summed E-state index contributed by atoms with van der Waals surface area (Å²) >= 11 is 18.0. The number of carbonyl (C=O) groups is 1. The Hall–Kier alpha value is -2.34. The highest BCUT2D eigenvalue weighted by molar-refractivity contribution is 6.36. The fourth-order valence-corrected chi connectivity index (χ4v) is 4.00. The van der Waals surface area contributed by atoms with Gasteiger partial charge in [-0.15, -0.1) is 0 Å². The smallest absolute Gasteiger partial charge is 0.341 e. The van der Waals surface area contributed by atoms with Crippen LogP contribution >= 0.6 is 34.8 Å². The van der Waals surface area contributed by atoms with Gasteiger partial charge in [-0.1, -0.05) is 46.9 Å². The van der Waals surface area contributed by atoms with Gasteiger partial charge in [-0.2, -0.15) is 0 Å². The Morgan fingerprint density at radius 3 is 2.34 bits per heavy atom. The van der Waals surface area contributed by atoms with Crippen molar-refractivity contribution < 1.29 is 14.3 Å². The number of hydrogen-bond donors (Lipinski definition) is 1. The predicted molar refractivity (Wildman–Crippen MR) is 114 cm³/mol. The number of aromatic carboxylic acids is 1. The van der Waals surface area contributed by atoms with Crippen molar-refractivity contribution in [1.29, 1.82) is 0 Å². The average Bonchev–Trinajstić information content (AvgIpc) is 2.65. The highest BCUT2D eigenvalue weighted by Crippen LogP contribution is 2.34. The van der Waals surface area contributed by atoms with Crippen LogP contribution in [0.2, 0.25) is 15.1 Å². The van der Waals surface area contributed by atoms with Gasteiger partial charge in [-0.3, -0.25) is 4.79 Å². The lowest BCUT2D eigenvalue weighted by molar-refractivity contribution is 0.0695. The van der Waals surface area contributed by atoms with Gasteiger partial charge in [0.25, 0.3) is 0 Å². The molecule has 0 aliphatic heterocycles. The van der Waals surface area contributed by atoms with E-state index in [0.717, 1.165) is 6.07 Å². The molecular weight excluding hydrogens is 440 g/mol. The number of pyridine rings is 1. The first-order valence-electron chi connectivity index (χ1n) is 8.58. The van der Waals surface area contributed by atoms with Crippen molar-refractivity contribution in [3.63, 3.8) is 0 Å². The third-order valence-electron chi connectivity index (χ3n) is 4.65. The molecule has 1 aromatic heterocycles. The van der Waals surface area contributed by atoms with Crippen molar-refractivity contribution in [3.05, 3.63) is 78.8 Å². The summed E-state index contributed by atoms with van der Waals surface area (Å²) in [6.07, 6.45) is 0. The molecule has 0 saturated heterocycles. The number of hydrogen-bond acceptors (Lipinski definition) is 2. The molecule has 2 aromatic carbocycles. The van der Waals surface area contributed by atoms with Gasteiger partial charge in [-0.25, -0.2) is 9.18 Å². The molecule has 29 heavy (non-hydrogen) atoms. The number of aromatic nitrogens is 1. The Morgan fingerprint density at radius 1 is 1.10 bits per heavy atom. The average molecular weight is 455 g/mol. The molecule has 3 aromatic rings. The molecule has 0 radical (unpaired) electrons. The summed E-state index contributed by atoms with van der Waals surface area (Å²) in [4.78, 5) is 25.4. The summed E-state index contributed by atoms with van der Waals surface area (Å²) in [5.41, 5.74) is 0.180. The first-order valence-corrected chi connectivity index (χ1v) is 9.72. The second-order valence-electron chi connectivity index (χ2n) is 6.32. The zero-order valence-corrected chi connectivity index (χ0v) is 17.7. The first kappa shape index (κ1) is 21.4. The van der Waals surface area contributed by atoms with Crippen LogP contribution < -0.4 is 5.43 Å². The fraction of sp³-hybridized carbons (Fsp3) is 0.143. The molecule has 0 aliphatic rings. The van der Waals surface area contributed by atoms with Crippen LogP contribution in [0.3, 0.4) is 0 Å². The highest BCUT2D eigenvalue weighted by atomic mass is 35.5. The summed E-state index contributed by atoms with van der Waals surface area (Å²) in [7, 11) is 0. The second kappa shape index (κ2) is 8.19. The van der Waals surface area contributed by atoms with Gasteiger partial charge < -0.3 is 9.67 Å². The van der Waals surface area contributed by atoms with E-state index < -0.39 is 22.8 Å². The lowest BCUT2D eigenvalue weighted by Crippen LogP contribution is -2.25. The highest BCUT2D eigenvalue weighted by Gasteiger charge is 2.26. The molecule has 0 bridgehead atoms. The summed E-state index contributed by atoms with van der Waals surface area (Å²) in [5, 5.41) is 10.4. The summed E-state index contributed by atoms with van der Waals surface area (Å²) in [5.74, 6) is -2.13. The van der Waals surface area contributed by atoms with Gasteiger partial charge in [0.15, 0.2) is 0 Å². The van der Waals surface area contributed by atoms with Crippen LogP contribution in [0.15, 0.2) is 41.2 Å². The van der Waals surface area contributed by atoms with Gasteiger partial charge in [-0.05, 0) is 38.1 Å². The summed E-state index contributed by atoms with van der Waals surface area (Å²) in [6, 6.07) is 8.54. The molecule has 0 aliphatic carbocycles. The topological polar surface area (TPSA) is 59.3 Å². The standard InChI is InChI=1S/C21H15Cl3FNO3/c1-3-26-10(2)17(13-6-5-12(22)9-15(13)24)20(27)18(21(28)29)19(26)11-4-7-14(23)16(25)8-11/h4-9H,3H2,1-2H3,(H,28,29). The van der Waals surface area contributed by atoms with Crippen LogP contribution in [0.4, 0.5) is 4.39 Å². The van der Waals surface area contributed by atoms with Crippen LogP contribution in [0.25, 0.3) is 22.4 Å². The molecule has 0 atom stereocenters. The third-order valence-corrected chi connectivity index (χ3v) is 5.51. The van der Waals surface area contributed by atoms with Crippen molar-refractivity contribution in [2.24, 2.45) is 0 Å². The van der Waals surface area contributed by atoms with Crippen LogP contribution in [-0.2, 0) is 6.54 Å². The van der Waals surface area contributed by atoms with E-state index in [1.54, 1.807) is 30.5 Å². The van der Waals surface area contributed by atoms with Crippen molar-refractivity contribution in [2.45, 2.75) is 20.4 Å². The minimum atomic E-state index is -1.42. The first-order chi connectivity index (χ1) is 13.7. The van der Waals surface area contributed by atoms with Crippen molar-refractivity contribution in [1.82, 2.24) is 4.57 Å². The number of carboxylic acids is 1. The molecule has 0 saturated carbocycles. The van der Waals surface area contributed by atoms with Gasteiger partial charge in [0.05, 0.1) is 21.3 Å². The molecule has 0 spiro atoms. The van der Waals surface area contributed by atoms with E-state index in [9.17, 15) is 19.1 Å². The molecule has 0 unspecified atom stereocenters. The van der Waals surface area contributed by atoms with Gasteiger partial charge in [0.1, 0.15) is 11.4 Å². The fourth-order valence-electron chi connectivity index (χ4n) is 3.38. The van der Waals surface area contributed by atoms with E-state index in [4.69, 9.17) is 34.8 Å². The van der Waals surface area contributed by atoms with E-state index in [1.807, 2.05) is 0 Å². The SMILES string of the molecule is CCn1c(C)c(-c2ccc(Cl)cc2Cl)c(=O)c(C(=O)O)c1-c1ccc(Cl)c(F)c1. The van der Waals surface area contributed by atoms with Crippen LogP contribution in [0, 0.1) is 12.7 Å². The van der Waals surface area contributed by atoms with Crippen LogP contribution in [0.5, 0.6) is 0 Å². The Balaban J connectivity index is 2.47. The van der Waals surface area contributed by atoms with E-state index in [2.05, 4.69) is 0 Å². The summed E-state index contributed by atoms with van der Waals surface area (Å²) < 4.78 is 15.7. The summed E-state index contributed by atoms with van der Waals surface area (Å²) in [6.45, 7) is 3.82. The third kappa shape index (κ3) is 3.78. The zero-order chi connectivity index (χ0) is 21.5. The van der Waals surface area contributed by atoms with E-state index in [0.29, 0.717) is 22.8 Å². The van der Waals surface area contributed by atoms with Gasteiger partial charge in [0.2, 0.25) is 5.43 Å². The van der Waals surface area contributed by atoms with Crippen LogP contribution in [0.1, 0.15) is 23.0 Å². The number of benzene rings is 2. The molecule has 0 fully saturated rings. The molecule has 0 amide bonds. The Bertz CT molecular complexity index is 1200. The Kier molecular flexibility index (Phi) is 6.03. The Morgan fingerprint density at radius 2 is 1.79 bits per heavy atom. The quantitative estimate of drug-likeness (QED) is 0.502. The predicted octanol–water partition coefficient (Wildman–Crippen LogP) is 6.31. The number of halogens is 4. The molecular formula is C21H15Cl3FNO3. The molecule has 3 rings (SSSR count). The zero-order valence-electron chi connectivity index (χ0n) is 15.4. The monoisotopic (exact) mass is 453 g/mol. The van der Waals surface area contributed by atoms with Crippen molar-refractivity contribution in [2.75, 3.05) is 0 Å². The van der Waals surface area contributed by atoms with Gasteiger partial charge in [0, 0.05) is 28.4 Å². The maximum absolute atomic E-state index is 14.1. The molecule has 150 valence electrons. The van der Waals surface area contributed by atoms with E-state index in [-0.39, 0.29) is 26.9 Å². The number of carboxylic acid groups (broad SMARTS) is 1. The lowest BCUT2D eigenvalue weighted by atomic mass is 9.96. The van der Waals surface area contributed by atoms with E-state index >= 15 is 0 Å². The molecule has 1 heterocycles.